The van der Waals surface area contributed by atoms with E-state index in [-0.39, 0.29) is 11.6 Å². The van der Waals surface area contributed by atoms with Crippen LogP contribution in [-0.4, -0.2) is 46.6 Å². The van der Waals surface area contributed by atoms with Crippen LogP contribution in [0.1, 0.15) is 44.9 Å². The van der Waals surface area contributed by atoms with E-state index in [1.165, 1.54) is 11.4 Å². The molecule has 1 aromatic rings. The summed E-state index contributed by atoms with van der Waals surface area (Å²) in [6.45, 7) is 4.73. The minimum atomic E-state index is -3.64. The van der Waals surface area contributed by atoms with Gasteiger partial charge in [0.05, 0.1) is 5.60 Å². The van der Waals surface area contributed by atoms with Crippen molar-refractivity contribution in [3.8, 4) is 0 Å². The maximum absolute atomic E-state index is 12.6. The van der Waals surface area contributed by atoms with Gasteiger partial charge in [-0.1, -0.05) is 19.8 Å². The highest BCUT2D eigenvalue weighted by Gasteiger charge is 2.36. The predicted molar refractivity (Wildman–Crippen MR) is 80.5 cm³/mol. The Bertz CT molecular complexity index is 589. The zero-order valence-electron chi connectivity index (χ0n) is 13.0. The number of likely N-dealkylation sites (N-methyl/N-ethyl adjacent to an activating group) is 1. The zero-order valence-corrected chi connectivity index (χ0v) is 13.9. The molecule has 1 N–H and O–H groups in total. The predicted octanol–water partition coefficient (Wildman–Crippen LogP) is 1.53. The molecule has 0 spiro atoms. The van der Waals surface area contributed by atoms with Gasteiger partial charge in [-0.2, -0.15) is 4.31 Å². The van der Waals surface area contributed by atoms with Crippen LogP contribution in [0.25, 0.3) is 0 Å². The van der Waals surface area contributed by atoms with E-state index in [1.807, 2.05) is 11.5 Å². The Morgan fingerprint density at radius 1 is 1.43 bits per heavy atom. The van der Waals surface area contributed by atoms with E-state index < -0.39 is 15.6 Å². The van der Waals surface area contributed by atoms with Crippen LogP contribution in [0, 0.1) is 6.92 Å². The number of nitrogens with zero attached hydrogens (tertiary/aromatic N) is 3. The van der Waals surface area contributed by atoms with Crippen molar-refractivity contribution in [2.75, 3.05) is 13.6 Å². The molecule has 0 aliphatic heterocycles. The summed E-state index contributed by atoms with van der Waals surface area (Å²) in [4.78, 5) is 4.17. The van der Waals surface area contributed by atoms with Crippen LogP contribution < -0.4 is 0 Å². The Balaban J connectivity index is 2.18. The molecule has 2 rings (SSSR count). The van der Waals surface area contributed by atoms with Crippen molar-refractivity contribution in [2.24, 2.45) is 0 Å². The van der Waals surface area contributed by atoms with Crippen molar-refractivity contribution in [2.45, 2.75) is 63.1 Å². The molecular weight excluding hydrogens is 290 g/mol. The number of rotatable bonds is 6. The second-order valence-electron chi connectivity index (χ2n) is 6.01. The lowest BCUT2D eigenvalue weighted by atomic mass is 10.0. The van der Waals surface area contributed by atoms with Crippen LogP contribution in [0.2, 0.25) is 0 Å². The van der Waals surface area contributed by atoms with Crippen LogP contribution in [0.3, 0.4) is 0 Å². The minimum Gasteiger partial charge on any atom is -0.389 e. The SMILES string of the molecule is CCCn1cc(S(=O)(=O)N(C)CC2(O)CCCC2)nc1C. The monoisotopic (exact) mass is 315 g/mol. The lowest BCUT2D eigenvalue weighted by molar-refractivity contribution is 0.0333. The molecule has 0 atom stereocenters. The molecule has 1 heterocycles. The third-order valence-corrected chi connectivity index (χ3v) is 5.82. The van der Waals surface area contributed by atoms with Gasteiger partial charge in [0.25, 0.3) is 10.0 Å². The van der Waals surface area contributed by atoms with Crippen LogP contribution in [0.5, 0.6) is 0 Å². The normalized spacial score (nSPS) is 18.5. The maximum atomic E-state index is 12.6. The molecule has 0 aromatic carbocycles. The second kappa shape index (κ2) is 6.06. The highest BCUT2D eigenvalue weighted by Crippen LogP contribution is 2.31. The van der Waals surface area contributed by atoms with E-state index in [2.05, 4.69) is 4.98 Å². The van der Waals surface area contributed by atoms with Crippen molar-refractivity contribution in [1.82, 2.24) is 13.9 Å². The Hall–Kier alpha value is -0.920. The third kappa shape index (κ3) is 3.46. The summed E-state index contributed by atoms with van der Waals surface area (Å²) >= 11 is 0. The van der Waals surface area contributed by atoms with E-state index in [0.717, 1.165) is 25.8 Å². The fraction of sp³-hybridized carbons (Fsp3) is 0.786. The van der Waals surface area contributed by atoms with Crippen molar-refractivity contribution >= 4 is 10.0 Å². The van der Waals surface area contributed by atoms with E-state index in [4.69, 9.17) is 0 Å². The fourth-order valence-electron chi connectivity index (χ4n) is 2.92. The van der Waals surface area contributed by atoms with Gasteiger partial charge in [-0.05, 0) is 26.2 Å². The summed E-state index contributed by atoms with van der Waals surface area (Å²) in [5.41, 5.74) is -0.886. The van der Waals surface area contributed by atoms with Crippen LogP contribution >= 0.6 is 0 Å². The number of aromatic nitrogens is 2. The molecule has 120 valence electrons. The molecule has 0 amide bonds. The number of aliphatic hydroxyl groups is 1. The quantitative estimate of drug-likeness (QED) is 0.864. The Morgan fingerprint density at radius 2 is 2.05 bits per heavy atom. The van der Waals surface area contributed by atoms with Crippen molar-refractivity contribution in [3.63, 3.8) is 0 Å². The molecule has 7 heteroatoms. The fourth-order valence-corrected chi connectivity index (χ4v) is 4.16. The smallest absolute Gasteiger partial charge is 0.261 e. The lowest BCUT2D eigenvalue weighted by Gasteiger charge is -2.27. The molecule has 0 unspecified atom stereocenters. The van der Waals surface area contributed by atoms with E-state index >= 15 is 0 Å². The Morgan fingerprint density at radius 3 is 2.62 bits per heavy atom. The van der Waals surface area contributed by atoms with Crippen LogP contribution in [0.15, 0.2) is 11.2 Å². The molecule has 1 fully saturated rings. The van der Waals surface area contributed by atoms with Gasteiger partial charge < -0.3 is 9.67 Å². The Kier molecular flexibility index (Phi) is 4.75. The molecular formula is C14H25N3O3S. The second-order valence-corrected chi connectivity index (χ2v) is 8.00. The van der Waals surface area contributed by atoms with Crippen LogP contribution in [-0.2, 0) is 16.6 Å². The average Bonchev–Trinajstić information content (AvgIpc) is 2.98. The first-order chi connectivity index (χ1) is 9.78. The lowest BCUT2D eigenvalue weighted by Crippen LogP contribution is -2.42. The summed E-state index contributed by atoms with van der Waals surface area (Å²) in [7, 11) is -2.13. The summed E-state index contributed by atoms with van der Waals surface area (Å²) in [6.07, 6.45) is 5.74. The maximum Gasteiger partial charge on any atom is 0.261 e. The van der Waals surface area contributed by atoms with Gasteiger partial charge in [-0.15, -0.1) is 0 Å². The highest BCUT2D eigenvalue weighted by atomic mass is 32.2. The van der Waals surface area contributed by atoms with Crippen LogP contribution in [0.4, 0.5) is 0 Å². The number of aryl methyl sites for hydroxylation is 2. The standard InChI is InChI=1S/C14H25N3O3S/c1-4-9-17-10-13(15-12(17)2)21(19,20)16(3)11-14(18)7-5-6-8-14/h10,18H,4-9,11H2,1-3H3. The number of hydrogen-bond acceptors (Lipinski definition) is 4. The van der Waals surface area contributed by atoms with Crippen molar-refractivity contribution in [1.29, 1.82) is 0 Å². The van der Waals surface area contributed by atoms with Gasteiger partial charge in [0.2, 0.25) is 0 Å². The van der Waals surface area contributed by atoms with Gasteiger partial charge in [-0.3, -0.25) is 0 Å². The topological polar surface area (TPSA) is 75.4 Å². The summed E-state index contributed by atoms with van der Waals surface area (Å²) in [5, 5.41) is 10.5. The van der Waals surface area contributed by atoms with E-state index in [0.29, 0.717) is 18.7 Å². The molecule has 6 nitrogen and oxygen atoms in total. The summed E-state index contributed by atoms with van der Waals surface area (Å²) < 4.78 is 28.2. The number of hydrogen-bond donors (Lipinski definition) is 1. The molecule has 0 saturated heterocycles. The van der Waals surface area contributed by atoms with E-state index in [1.54, 1.807) is 13.1 Å². The minimum absolute atomic E-state index is 0.0672. The van der Waals surface area contributed by atoms with Gasteiger partial charge in [-0.25, -0.2) is 13.4 Å². The number of sulfonamides is 1. The number of imidazole rings is 1. The van der Waals surface area contributed by atoms with Gasteiger partial charge in [0, 0.05) is 26.3 Å². The Labute approximate surface area is 126 Å². The molecule has 1 saturated carbocycles. The first-order valence-corrected chi connectivity index (χ1v) is 8.95. The van der Waals surface area contributed by atoms with Gasteiger partial charge in [0.15, 0.2) is 5.03 Å². The van der Waals surface area contributed by atoms with Crippen molar-refractivity contribution < 1.29 is 13.5 Å². The molecule has 21 heavy (non-hydrogen) atoms. The first kappa shape index (κ1) is 16.5. The third-order valence-electron chi connectivity index (χ3n) is 4.14. The molecule has 0 bridgehead atoms. The highest BCUT2D eigenvalue weighted by molar-refractivity contribution is 7.89. The molecule has 1 aliphatic rings. The van der Waals surface area contributed by atoms with Crippen molar-refractivity contribution in [3.05, 3.63) is 12.0 Å². The molecule has 1 aromatic heterocycles. The zero-order chi connectivity index (χ0) is 15.7. The van der Waals surface area contributed by atoms with Gasteiger partial charge >= 0.3 is 0 Å². The van der Waals surface area contributed by atoms with E-state index in [9.17, 15) is 13.5 Å². The largest absolute Gasteiger partial charge is 0.389 e. The first-order valence-electron chi connectivity index (χ1n) is 7.51. The summed E-state index contributed by atoms with van der Waals surface area (Å²) in [5.74, 6) is 0.698. The molecule has 1 aliphatic carbocycles. The molecule has 0 radical (unpaired) electrons. The summed E-state index contributed by atoms with van der Waals surface area (Å²) in [6, 6.07) is 0. The van der Waals surface area contributed by atoms with Gasteiger partial charge in [0.1, 0.15) is 5.82 Å². The average molecular weight is 315 g/mol.